The van der Waals surface area contributed by atoms with Gasteiger partial charge in [0.1, 0.15) is 0 Å². The molecule has 3 N–H and O–H groups in total. The maximum absolute atomic E-state index is 9.99. The Hall–Kier alpha value is -0.0800. The summed E-state index contributed by atoms with van der Waals surface area (Å²) in [6.07, 6.45) is 1.98. The minimum absolute atomic E-state index is 0. The van der Waals surface area contributed by atoms with E-state index in [9.17, 15) is 5.11 Å². The molecule has 0 spiro atoms. The predicted molar refractivity (Wildman–Crippen MR) is 93.8 cm³/mol. The first kappa shape index (κ1) is 19.9. The smallest absolute Gasteiger partial charge is 0.191 e. The lowest BCUT2D eigenvalue weighted by Crippen LogP contribution is -2.63. The van der Waals surface area contributed by atoms with Gasteiger partial charge in [-0.1, -0.05) is 20.8 Å². The molecule has 1 aliphatic carbocycles. The Morgan fingerprint density at radius 2 is 2.10 bits per heavy atom. The van der Waals surface area contributed by atoms with Gasteiger partial charge in [0.15, 0.2) is 5.96 Å². The molecule has 3 atom stereocenters. The Morgan fingerprint density at radius 1 is 1.50 bits per heavy atom. The third-order valence-corrected chi connectivity index (χ3v) is 4.40. The lowest BCUT2D eigenvalue weighted by Gasteiger charge is -2.51. The molecule has 1 aliphatic rings. The molecule has 5 nitrogen and oxygen atoms in total. The number of hydrogen-bond donors (Lipinski definition) is 3. The van der Waals surface area contributed by atoms with Crippen LogP contribution in [-0.2, 0) is 4.74 Å². The zero-order valence-corrected chi connectivity index (χ0v) is 15.8. The standard InChI is InChI=1S/C14H29N3O2.HI/c1-7-14(4,18)9-16-12(15-5)17-10-8-11(19-6)13(10,2)3;/h10-11,18H,7-9H2,1-6H3,(H2,15,16,17);1H. The molecule has 1 rings (SSSR count). The summed E-state index contributed by atoms with van der Waals surface area (Å²) in [4.78, 5) is 4.21. The summed E-state index contributed by atoms with van der Waals surface area (Å²) in [5, 5.41) is 16.6. The van der Waals surface area contributed by atoms with Gasteiger partial charge in [-0.2, -0.15) is 0 Å². The normalized spacial score (nSPS) is 27.9. The van der Waals surface area contributed by atoms with Gasteiger partial charge in [0.05, 0.1) is 11.7 Å². The predicted octanol–water partition coefficient (Wildman–Crippen LogP) is 1.74. The van der Waals surface area contributed by atoms with E-state index in [2.05, 4.69) is 29.5 Å². The molecular weight excluding hydrogens is 369 g/mol. The van der Waals surface area contributed by atoms with Crippen LogP contribution in [0.1, 0.15) is 40.5 Å². The Morgan fingerprint density at radius 3 is 2.50 bits per heavy atom. The molecule has 0 amide bonds. The van der Waals surface area contributed by atoms with Gasteiger partial charge in [0, 0.05) is 32.2 Å². The van der Waals surface area contributed by atoms with Crippen LogP contribution in [-0.4, -0.2) is 49.5 Å². The minimum Gasteiger partial charge on any atom is -0.388 e. The Bertz CT molecular complexity index is 332. The van der Waals surface area contributed by atoms with E-state index in [1.807, 2.05) is 13.8 Å². The second-order valence-corrected chi connectivity index (χ2v) is 6.25. The number of rotatable bonds is 5. The van der Waals surface area contributed by atoms with Crippen molar-refractivity contribution in [3.8, 4) is 0 Å². The van der Waals surface area contributed by atoms with Gasteiger partial charge in [-0.05, 0) is 19.8 Å². The van der Waals surface area contributed by atoms with Crippen LogP contribution in [0.4, 0.5) is 0 Å². The fourth-order valence-electron chi connectivity index (χ4n) is 2.29. The largest absolute Gasteiger partial charge is 0.388 e. The second-order valence-electron chi connectivity index (χ2n) is 6.25. The van der Waals surface area contributed by atoms with Crippen molar-refractivity contribution < 1.29 is 9.84 Å². The molecule has 0 radical (unpaired) electrons. The topological polar surface area (TPSA) is 65.9 Å². The fraction of sp³-hybridized carbons (Fsp3) is 0.929. The first-order chi connectivity index (χ1) is 8.76. The monoisotopic (exact) mass is 399 g/mol. The number of methoxy groups -OCH3 is 1. The van der Waals surface area contributed by atoms with E-state index in [-0.39, 0.29) is 29.4 Å². The van der Waals surface area contributed by atoms with Crippen molar-refractivity contribution >= 4 is 29.9 Å². The molecule has 20 heavy (non-hydrogen) atoms. The number of nitrogens with zero attached hydrogens (tertiary/aromatic N) is 1. The fourth-order valence-corrected chi connectivity index (χ4v) is 2.29. The highest BCUT2D eigenvalue weighted by Gasteiger charge is 2.48. The van der Waals surface area contributed by atoms with Crippen LogP contribution in [0, 0.1) is 5.41 Å². The van der Waals surface area contributed by atoms with Gasteiger partial charge in [-0.25, -0.2) is 0 Å². The van der Waals surface area contributed by atoms with E-state index < -0.39 is 5.60 Å². The highest BCUT2D eigenvalue weighted by atomic mass is 127. The van der Waals surface area contributed by atoms with Gasteiger partial charge in [0.25, 0.3) is 0 Å². The summed E-state index contributed by atoms with van der Waals surface area (Å²) in [7, 11) is 3.50. The van der Waals surface area contributed by atoms with E-state index in [0.717, 1.165) is 12.4 Å². The number of ether oxygens (including phenoxy) is 1. The van der Waals surface area contributed by atoms with E-state index >= 15 is 0 Å². The van der Waals surface area contributed by atoms with Gasteiger partial charge in [-0.3, -0.25) is 4.99 Å². The van der Waals surface area contributed by atoms with Crippen LogP contribution in [0.5, 0.6) is 0 Å². The molecule has 0 aromatic carbocycles. The number of nitrogens with one attached hydrogen (secondary N) is 2. The van der Waals surface area contributed by atoms with Crippen molar-refractivity contribution in [2.75, 3.05) is 20.7 Å². The highest BCUT2D eigenvalue weighted by Crippen LogP contribution is 2.42. The van der Waals surface area contributed by atoms with Gasteiger partial charge in [-0.15, -0.1) is 24.0 Å². The summed E-state index contributed by atoms with van der Waals surface area (Å²) < 4.78 is 5.44. The van der Waals surface area contributed by atoms with Crippen LogP contribution in [0.25, 0.3) is 0 Å². The summed E-state index contributed by atoms with van der Waals surface area (Å²) >= 11 is 0. The molecule has 1 fully saturated rings. The third-order valence-electron chi connectivity index (χ3n) is 4.40. The van der Waals surface area contributed by atoms with Crippen molar-refractivity contribution in [1.29, 1.82) is 0 Å². The van der Waals surface area contributed by atoms with E-state index in [0.29, 0.717) is 25.1 Å². The van der Waals surface area contributed by atoms with E-state index in [4.69, 9.17) is 4.74 Å². The van der Waals surface area contributed by atoms with Crippen molar-refractivity contribution in [1.82, 2.24) is 10.6 Å². The number of hydrogen-bond acceptors (Lipinski definition) is 3. The van der Waals surface area contributed by atoms with Crippen LogP contribution in [0.3, 0.4) is 0 Å². The quantitative estimate of drug-likeness (QED) is 0.375. The maximum Gasteiger partial charge on any atom is 0.191 e. The Kier molecular flexibility index (Phi) is 7.76. The summed E-state index contributed by atoms with van der Waals surface area (Å²) in [5.41, 5.74) is -0.610. The summed E-state index contributed by atoms with van der Waals surface area (Å²) in [6, 6.07) is 0.343. The molecule has 0 heterocycles. The lowest BCUT2D eigenvalue weighted by molar-refractivity contribution is -0.0923. The van der Waals surface area contributed by atoms with Crippen molar-refractivity contribution in [3.05, 3.63) is 0 Å². The molecular formula is C14H30IN3O2. The van der Waals surface area contributed by atoms with Crippen molar-refractivity contribution in [2.45, 2.75) is 58.3 Å². The average Bonchev–Trinajstić information content (AvgIpc) is 2.37. The Balaban J connectivity index is 0.00000361. The molecule has 0 bridgehead atoms. The Labute approximate surface area is 140 Å². The zero-order valence-electron chi connectivity index (χ0n) is 13.5. The molecule has 0 aromatic heterocycles. The molecule has 1 saturated carbocycles. The minimum atomic E-state index is -0.707. The SMILES string of the molecule is CCC(C)(O)CNC(=NC)NC1CC(OC)C1(C)C.I. The van der Waals surface area contributed by atoms with Crippen LogP contribution in [0.15, 0.2) is 4.99 Å². The molecule has 0 saturated heterocycles. The average molecular weight is 399 g/mol. The van der Waals surface area contributed by atoms with Crippen LogP contribution >= 0.6 is 24.0 Å². The van der Waals surface area contributed by atoms with Crippen LogP contribution < -0.4 is 10.6 Å². The molecule has 120 valence electrons. The summed E-state index contributed by atoms with van der Waals surface area (Å²) in [5.74, 6) is 0.737. The summed E-state index contributed by atoms with van der Waals surface area (Å²) in [6.45, 7) is 8.66. The second kappa shape index (κ2) is 7.79. The number of halogens is 1. The first-order valence-corrected chi connectivity index (χ1v) is 6.99. The number of guanidine groups is 1. The van der Waals surface area contributed by atoms with Gasteiger partial charge >= 0.3 is 0 Å². The third kappa shape index (κ3) is 4.73. The first-order valence-electron chi connectivity index (χ1n) is 6.99. The molecule has 3 unspecified atom stereocenters. The van der Waals surface area contributed by atoms with E-state index in [1.165, 1.54) is 0 Å². The van der Waals surface area contributed by atoms with Crippen molar-refractivity contribution in [2.24, 2.45) is 10.4 Å². The lowest BCUT2D eigenvalue weighted by atomic mass is 9.64. The zero-order chi connectivity index (χ0) is 14.7. The molecule has 0 aliphatic heterocycles. The highest BCUT2D eigenvalue weighted by molar-refractivity contribution is 14.0. The molecule has 0 aromatic rings. The number of aliphatic imine (C=N–C) groups is 1. The van der Waals surface area contributed by atoms with Crippen LogP contribution in [0.2, 0.25) is 0 Å². The number of aliphatic hydroxyl groups is 1. The molecule has 6 heteroatoms. The maximum atomic E-state index is 9.99. The van der Waals surface area contributed by atoms with Crippen molar-refractivity contribution in [3.63, 3.8) is 0 Å². The van der Waals surface area contributed by atoms with Gasteiger partial charge in [0.2, 0.25) is 0 Å². The van der Waals surface area contributed by atoms with Gasteiger partial charge < -0.3 is 20.5 Å². The van der Waals surface area contributed by atoms with E-state index in [1.54, 1.807) is 14.2 Å².